The Bertz CT molecular complexity index is 433. The Kier molecular flexibility index (Phi) is 13.8. The van der Waals surface area contributed by atoms with Crippen molar-refractivity contribution in [2.24, 2.45) is 4.99 Å². The summed E-state index contributed by atoms with van der Waals surface area (Å²) >= 11 is 7.60. The molecule has 0 saturated heterocycles. The van der Waals surface area contributed by atoms with Crippen molar-refractivity contribution < 1.29 is 0 Å². The molecule has 0 fully saturated rings. The Hall–Kier alpha value is -0.480. The SMILES string of the molecule is CC.CCCCC1=NCCCN1.Cc1cc(Br)ccc1CS. The number of amidine groups is 1. The molecular weight excluding hydrogens is 356 g/mol. The number of benzene rings is 1. The molecule has 0 saturated carbocycles. The molecule has 0 aliphatic carbocycles. The lowest BCUT2D eigenvalue weighted by Crippen LogP contribution is -2.29. The van der Waals surface area contributed by atoms with Crippen LogP contribution in [0.1, 0.15) is 57.6 Å². The van der Waals surface area contributed by atoms with Crippen LogP contribution in [0.5, 0.6) is 0 Å². The minimum absolute atomic E-state index is 0.819. The van der Waals surface area contributed by atoms with Gasteiger partial charge in [0.05, 0.1) is 5.84 Å². The van der Waals surface area contributed by atoms with Crippen molar-refractivity contribution in [2.45, 2.75) is 59.1 Å². The number of aryl methyl sites for hydroxylation is 1. The molecule has 22 heavy (non-hydrogen) atoms. The van der Waals surface area contributed by atoms with E-state index in [1.807, 2.05) is 19.9 Å². The van der Waals surface area contributed by atoms with Gasteiger partial charge < -0.3 is 5.32 Å². The minimum atomic E-state index is 0.819. The van der Waals surface area contributed by atoms with Gasteiger partial charge in [-0.05, 0) is 43.0 Å². The summed E-state index contributed by atoms with van der Waals surface area (Å²) < 4.78 is 1.13. The average Bonchev–Trinajstić information content (AvgIpc) is 2.56. The third kappa shape index (κ3) is 9.52. The van der Waals surface area contributed by atoms with Gasteiger partial charge in [-0.25, -0.2) is 0 Å². The molecule has 2 nitrogen and oxygen atoms in total. The number of rotatable bonds is 4. The van der Waals surface area contributed by atoms with Gasteiger partial charge in [0.15, 0.2) is 0 Å². The van der Waals surface area contributed by atoms with E-state index in [2.05, 4.69) is 64.8 Å². The number of unbranched alkanes of at least 4 members (excludes halogenated alkanes) is 1. The maximum Gasteiger partial charge on any atom is 0.0963 e. The molecule has 0 atom stereocenters. The maximum atomic E-state index is 4.37. The topological polar surface area (TPSA) is 24.4 Å². The fraction of sp³-hybridized carbons (Fsp3) is 0.611. The highest BCUT2D eigenvalue weighted by Crippen LogP contribution is 2.16. The van der Waals surface area contributed by atoms with E-state index >= 15 is 0 Å². The summed E-state index contributed by atoms with van der Waals surface area (Å²) in [5, 5.41) is 3.30. The van der Waals surface area contributed by atoms with E-state index in [0.29, 0.717) is 0 Å². The van der Waals surface area contributed by atoms with Gasteiger partial charge in [0.1, 0.15) is 0 Å². The average molecular weight is 387 g/mol. The summed E-state index contributed by atoms with van der Waals surface area (Å²) in [7, 11) is 0. The van der Waals surface area contributed by atoms with E-state index in [1.54, 1.807) is 0 Å². The molecule has 4 heteroatoms. The molecule has 1 N–H and O–H groups in total. The Morgan fingerprint density at radius 3 is 2.55 bits per heavy atom. The van der Waals surface area contributed by atoms with Crippen molar-refractivity contribution in [1.29, 1.82) is 0 Å². The molecule has 0 spiro atoms. The van der Waals surface area contributed by atoms with Crippen LogP contribution in [0.25, 0.3) is 0 Å². The van der Waals surface area contributed by atoms with Crippen molar-refractivity contribution in [3.05, 3.63) is 33.8 Å². The van der Waals surface area contributed by atoms with E-state index in [4.69, 9.17) is 0 Å². The van der Waals surface area contributed by atoms with Crippen molar-refractivity contribution in [3.63, 3.8) is 0 Å². The number of nitrogens with zero attached hydrogens (tertiary/aromatic N) is 1. The molecule has 1 aliphatic heterocycles. The minimum Gasteiger partial charge on any atom is -0.374 e. The van der Waals surface area contributed by atoms with E-state index in [9.17, 15) is 0 Å². The highest BCUT2D eigenvalue weighted by molar-refractivity contribution is 9.10. The fourth-order valence-electron chi connectivity index (χ4n) is 1.93. The van der Waals surface area contributed by atoms with Crippen LogP contribution in [0.15, 0.2) is 27.7 Å². The lowest BCUT2D eigenvalue weighted by Gasteiger charge is -2.13. The number of thiol groups is 1. The molecule has 2 rings (SSSR count). The molecule has 0 amide bonds. The van der Waals surface area contributed by atoms with Gasteiger partial charge in [0, 0.05) is 29.7 Å². The zero-order chi connectivity index (χ0) is 16.8. The maximum absolute atomic E-state index is 4.37. The normalized spacial score (nSPS) is 12.9. The summed E-state index contributed by atoms with van der Waals surface area (Å²) in [6, 6.07) is 6.23. The van der Waals surface area contributed by atoms with Crippen molar-refractivity contribution in [1.82, 2.24) is 5.32 Å². The number of aliphatic imine (C=N–C) groups is 1. The number of halogens is 1. The van der Waals surface area contributed by atoms with Crippen LogP contribution < -0.4 is 5.32 Å². The van der Waals surface area contributed by atoms with Crippen LogP contribution in [0, 0.1) is 6.92 Å². The standard InChI is InChI=1S/C8H9BrS.C8H16N2.C2H6/c1-6-4-8(9)3-2-7(6)5-10;1-2-3-5-8-9-6-4-7-10-8;1-2/h2-4,10H,5H2,1H3;2-7H2,1H3,(H,9,10);1-2H3. The molecular formula is C18H31BrN2S. The summed E-state index contributed by atoms with van der Waals surface area (Å²) in [4.78, 5) is 4.37. The van der Waals surface area contributed by atoms with Gasteiger partial charge >= 0.3 is 0 Å². The third-order valence-corrected chi connectivity index (χ3v) is 4.04. The first kappa shape index (κ1) is 21.5. The molecule has 1 aromatic rings. The monoisotopic (exact) mass is 386 g/mol. The molecule has 1 aromatic carbocycles. The van der Waals surface area contributed by atoms with Crippen LogP contribution in [0.4, 0.5) is 0 Å². The summed E-state index contributed by atoms with van der Waals surface area (Å²) in [6.45, 7) is 10.5. The second kappa shape index (κ2) is 14.1. The lowest BCUT2D eigenvalue weighted by molar-refractivity contribution is 0.708. The van der Waals surface area contributed by atoms with E-state index in [0.717, 1.165) is 29.7 Å². The summed E-state index contributed by atoms with van der Waals surface area (Å²) in [5.41, 5.74) is 2.59. The van der Waals surface area contributed by atoms with Gasteiger partial charge in [-0.1, -0.05) is 49.2 Å². The van der Waals surface area contributed by atoms with E-state index < -0.39 is 0 Å². The molecule has 1 aliphatic rings. The van der Waals surface area contributed by atoms with Crippen LogP contribution >= 0.6 is 28.6 Å². The largest absolute Gasteiger partial charge is 0.374 e. The Morgan fingerprint density at radius 2 is 2.05 bits per heavy atom. The van der Waals surface area contributed by atoms with Crippen LogP contribution in [0.3, 0.4) is 0 Å². The van der Waals surface area contributed by atoms with Gasteiger partial charge in [-0.15, -0.1) is 0 Å². The van der Waals surface area contributed by atoms with Gasteiger partial charge in [-0.2, -0.15) is 12.6 Å². The van der Waals surface area contributed by atoms with Gasteiger partial charge in [0.25, 0.3) is 0 Å². The first-order valence-corrected chi connectivity index (χ1v) is 9.73. The summed E-state index contributed by atoms with van der Waals surface area (Å²) in [5.74, 6) is 2.05. The Labute approximate surface area is 150 Å². The molecule has 0 radical (unpaired) electrons. The lowest BCUT2D eigenvalue weighted by atomic mass is 10.1. The molecule has 0 unspecified atom stereocenters. The van der Waals surface area contributed by atoms with Crippen molar-refractivity contribution >= 4 is 34.4 Å². The predicted octanol–water partition coefficient (Wildman–Crippen LogP) is 5.78. The summed E-state index contributed by atoms with van der Waals surface area (Å²) in [6.07, 6.45) is 4.89. The molecule has 0 aromatic heterocycles. The van der Waals surface area contributed by atoms with Gasteiger partial charge in [-0.3, -0.25) is 4.99 Å². The van der Waals surface area contributed by atoms with Crippen LogP contribution in [0.2, 0.25) is 0 Å². The second-order valence-corrected chi connectivity index (χ2v) is 6.17. The van der Waals surface area contributed by atoms with Gasteiger partial charge in [0.2, 0.25) is 0 Å². The molecule has 126 valence electrons. The molecule has 1 heterocycles. The van der Waals surface area contributed by atoms with E-state index in [1.165, 1.54) is 36.2 Å². The Morgan fingerprint density at radius 1 is 1.32 bits per heavy atom. The van der Waals surface area contributed by atoms with Crippen LogP contribution in [-0.2, 0) is 5.75 Å². The van der Waals surface area contributed by atoms with Crippen LogP contribution in [-0.4, -0.2) is 18.9 Å². The predicted molar refractivity (Wildman–Crippen MR) is 107 cm³/mol. The van der Waals surface area contributed by atoms with E-state index in [-0.39, 0.29) is 0 Å². The third-order valence-electron chi connectivity index (χ3n) is 3.21. The first-order chi connectivity index (χ1) is 10.7. The highest BCUT2D eigenvalue weighted by atomic mass is 79.9. The molecule has 0 bridgehead atoms. The Balaban J connectivity index is 0.000000360. The fourth-order valence-corrected chi connectivity index (χ4v) is 2.76. The second-order valence-electron chi connectivity index (χ2n) is 4.94. The number of hydrogen-bond donors (Lipinski definition) is 2. The first-order valence-electron chi connectivity index (χ1n) is 8.30. The quantitative estimate of drug-likeness (QED) is 0.629. The zero-order valence-corrected chi connectivity index (χ0v) is 16.9. The van der Waals surface area contributed by atoms with Crippen molar-refractivity contribution in [2.75, 3.05) is 13.1 Å². The highest BCUT2D eigenvalue weighted by Gasteiger charge is 2.01. The van der Waals surface area contributed by atoms with Crippen molar-refractivity contribution in [3.8, 4) is 0 Å². The number of hydrogen-bond acceptors (Lipinski definition) is 3. The zero-order valence-electron chi connectivity index (χ0n) is 14.5. The number of nitrogens with one attached hydrogen (secondary N) is 1. The smallest absolute Gasteiger partial charge is 0.0963 e.